The van der Waals surface area contributed by atoms with Gasteiger partial charge in [-0.25, -0.2) is 4.98 Å². The molecule has 1 unspecified atom stereocenters. The molecule has 4 nitrogen and oxygen atoms in total. The summed E-state index contributed by atoms with van der Waals surface area (Å²) < 4.78 is 5.93. The molecule has 0 aromatic carbocycles. The zero-order chi connectivity index (χ0) is 16.4. The Morgan fingerprint density at radius 3 is 2.75 bits per heavy atom. The van der Waals surface area contributed by atoms with Crippen LogP contribution in [-0.2, 0) is 0 Å². The van der Waals surface area contributed by atoms with E-state index in [1.54, 1.807) is 6.20 Å². The number of likely N-dealkylation sites (tertiary alicyclic amines) is 2. The number of hydrogen-bond acceptors (Lipinski definition) is 4. The van der Waals surface area contributed by atoms with Crippen molar-refractivity contribution in [2.75, 3.05) is 39.8 Å². The fourth-order valence-corrected chi connectivity index (χ4v) is 5.03. The van der Waals surface area contributed by atoms with Gasteiger partial charge in [-0.1, -0.05) is 18.9 Å². The molecule has 1 aromatic heterocycles. The van der Waals surface area contributed by atoms with E-state index in [1.165, 1.54) is 64.7 Å². The van der Waals surface area contributed by atoms with Crippen LogP contribution in [-0.4, -0.2) is 60.2 Å². The van der Waals surface area contributed by atoms with Crippen molar-refractivity contribution in [3.05, 3.63) is 24.4 Å². The number of hydrogen-bond donors (Lipinski definition) is 0. The molecule has 0 amide bonds. The van der Waals surface area contributed by atoms with Crippen LogP contribution < -0.4 is 4.74 Å². The van der Waals surface area contributed by atoms with Crippen LogP contribution in [0.25, 0.3) is 0 Å². The Balaban J connectivity index is 1.28. The summed E-state index contributed by atoms with van der Waals surface area (Å²) in [5, 5.41) is 0. The van der Waals surface area contributed by atoms with Crippen LogP contribution in [0.3, 0.4) is 0 Å². The molecular weight excluding hydrogens is 298 g/mol. The Bertz CT molecular complexity index is 523. The standard InChI is InChI=1S/C20H31N3O/c1-22-11-9-18(14-24-19-8-4-5-10-21-19)12-20(22)15-23(16-20)13-17-6-2-3-7-17/h4-5,8,10,17-18H,2-3,6-7,9,11-16H2,1H3. The molecule has 0 bridgehead atoms. The summed E-state index contributed by atoms with van der Waals surface area (Å²) in [6.07, 6.45) is 10.1. The zero-order valence-corrected chi connectivity index (χ0v) is 15.0. The van der Waals surface area contributed by atoms with Gasteiger partial charge in [-0.05, 0) is 57.2 Å². The van der Waals surface area contributed by atoms with Crippen molar-refractivity contribution in [3.8, 4) is 5.88 Å². The molecule has 2 aliphatic heterocycles. The van der Waals surface area contributed by atoms with Crippen LogP contribution in [0.4, 0.5) is 0 Å². The predicted molar refractivity (Wildman–Crippen MR) is 96.2 cm³/mol. The molecule has 0 N–H and O–H groups in total. The third-order valence-corrected chi connectivity index (χ3v) is 6.48. The summed E-state index contributed by atoms with van der Waals surface area (Å²) in [6.45, 7) is 5.88. The van der Waals surface area contributed by atoms with Crippen molar-refractivity contribution < 1.29 is 4.74 Å². The van der Waals surface area contributed by atoms with Crippen LogP contribution in [0.1, 0.15) is 38.5 Å². The number of ether oxygens (including phenoxy) is 1. The number of pyridine rings is 1. The Kier molecular flexibility index (Phi) is 4.77. The second kappa shape index (κ2) is 7.01. The monoisotopic (exact) mass is 329 g/mol. The molecular formula is C20H31N3O. The van der Waals surface area contributed by atoms with Gasteiger partial charge in [0, 0.05) is 37.4 Å². The molecule has 1 atom stereocenters. The van der Waals surface area contributed by atoms with E-state index in [0.717, 1.165) is 18.4 Å². The normalized spacial score (nSPS) is 28.1. The highest BCUT2D eigenvalue weighted by molar-refractivity contribution is 5.10. The van der Waals surface area contributed by atoms with Gasteiger partial charge in [0.05, 0.1) is 6.61 Å². The van der Waals surface area contributed by atoms with E-state index < -0.39 is 0 Å². The van der Waals surface area contributed by atoms with E-state index in [4.69, 9.17) is 4.74 Å². The highest BCUT2D eigenvalue weighted by Gasteiger charge is 2.49. The van der Waals surface area contributed by atoms with Crippen molar-refractivity contribution >= 4 is 0 Å². The fourth-order valence-electron chi connectivity index (χ4n) is 5.03. The molecule has 3 heterocycles. The first-order chi connectivity index (χ1) is 11.7. The second-order valence-corrected chi connectivity index (χ2v) is 8.30. The first-order valence-electron chi connectivity index (χ1n) is 9.71. The SMILES string of the molecule is CN1CCC(COc2ccccn2)CC12CN(CC1CCCC1)C2. The van der Waals surface area contributed by atoms with Gasteiger partial charge in [0.2, 0.25) is 5.88 Å². The Labute approximate surface area is 146 Å². The number of rotatable bonds is 5. The van der Waals surface area contributed by atoms with Crippen LogP contribution in [0, 0.1) is 11.8 Å². The molecule has 3 fully saturated rings. The Morgan fingerprint density at radius 1 is 1.17 bits per heavy atom. The molecule has 4 heteroatoms. The topological polar surface area (TPSA) is 28.6 Å². The van der Waals surface area contributed by atoms with Gasteiger partial charge in [0.15, 0.2) is 0 Å². The molecule has 132 valence electrons. The first-order valence-corrected chi connectivity index (χ1v) is 9.71. The van der Waals surface area contributed by atoms with Gasteiger partial charge in [0.25, 0.3) is 0 Å². The lowest BCUT2D eigenvalue weighted by Gasteiger charge is -2.59. The minimum atomic E-state index is 0.412. The molecule has 24 heavy (non-hydrogen) atoms. The van der Waals surface area contributed by atoms with E-state index in [1.807, 2.05) is 18.2 Å². The van der Waals surface area contributed by atoms with Gasteiger partial charge in [-0.15, -0.1) is 0 Å². The molecule has 2 saturated heterocycles. The maximum atomic E-state index is 5.93. The molecule has 4 rings (SSSR count). The van der Waals surface area contributed by atoms with Crippen molar-refractivity contribution in [1.29, 1.82) is 0 Å². The number of likely N-dealkylation sites (N-methyl/N-ethyl adjacent to an activating group) is 1. The molecule has 0 radical (unpaired) electrons. The summed E-state index contributed by atoms with van der Waals surface area (Å²) in [7, 11) is 2.32. The Hall–Kier alpha value is -1.13. The molecule has 3 aliphatic rings. The van der Waals surface area contributed by atoms with Crippen LogP contribution in [0.2, 0.25) is 0 Å². The maximum absolute atomic E-state index is 5.93. The molecule has 1 spiro atoms. The van der Waals surface area contributed by atoms with Gasteiger partial charge < -0.3 is 4.74 Å². The summed E-state index contributed by atoms with van der Waals surface area (Å²) in [4.78, 5) is 9.60. The lowest BCUT2D eigenvalue weighted by atomic mass is 9.75. The smallest absolute Gasteiger partial charge is 0.213 e. The average molecular weight is 329 g/mol. The van der Waals surface area contributed by atoms with Gasteiger partial charge in [0.1, 0.15) is 0 Å². The summed E-state index contributed by atoms with van der Waals surface area (Å²) in [5.74, 6) is 2.40. The quantitative estimate of drug-likeness (QED) is 0.830. The van der Waals surface area contributed by atoms with E-state index in [-0.39, 0.29) is 0 Å². The number of nitrogens with zero attached hydrogens (tertiary/aromatic N) is 3. The largest absolute Gasteiger partial charge is 0.477 e. The maximum Gasteiger partial charge on any atom is 0.213 e. The molecule has 1 aliphatic carbocycles. The number of piperidine rings is 1. The third-order valence-electron chi connectivity index (χ3n) is 6.48. The van der Waals surface area contributed by atoms with E-state index >= 15 is 0 Å². The zero-order valence-electron chi connectivity index (χ0n) is 15.0. The highest BCUT2D eigenvalue weighted by Crippen LogP contribution is 2.39. The summed E-state index contributed by atoms with van der Waals surface area (Å²) in [5.41, 5.74) is 0.412. The number of aromatic nitrogens is 1. The van der Waals surface area contributed by atoms with E-state index in [0.29, 0.717) is 11.5 Å². The van der Waals surface area contributed by atoms with Crippen LogP contribution in [0.5, 0.6) is 5.88 Å². The van der Waals surface area contributed by atoms with Crippen LogP contribution >= 0.6 is 0 Å². The van der Waals surface area contributed by atoms with E-state index in [9.17, 15) is 0 Å². The first kappa shape index (κ1) is 16.3. The summed E-state index contributed by atoms with van der Waals surface area (Å²) >= 11 is 0. The minimum Gasteiger partial charge on any atom is -0.477 e. The molecule has 1 aromatic rings. The average Bonchev–Trinajstić information content (AvgIpc) is 3.08. The second-order valence-electron chi connectivity index (χ2n) is 8.30. The van der Waals surface area contributed by atoms with E-state index in [2.05, 4.69) is 21.8 Å². The lowest BCUT2D eigenvalue weighted by molar-refractivity contribution is -0.0882. The van der Waals surface area contributed by atoms with Crippen molar-refractivity contribution in [2.24, 2.45) is 11.8 Å². The van der Waals surface area contributed by atoms with Crippen molar-refractivity contribution in [3.63, 3.8) is 0 Å². The lowest BCUT2D eigenvalue weighted by Crippen LogP contribution is -2.72. The van der Waals surface area contributed by atoms with Crippen molar-refractivity contribution in [1.82, 2.24) is 14.8 Å². The Morgan fingerprint density at radius 2 is 2.00 bits per heavy atom. The predicted octanol–water partition coefficient (Wildman–Crippen LogP) is 3.05. The van der Waals surface area contributed by atoms with Crippen molar-refractivity contribution in [2.45, 2.75) is 44.1 Å². The van der Waals surface area contributed by atoms with Crippen LogP contribution in [0.15, 0.2) is 24.4 Å². The van der Waals surface area contributed by atoms with Gasteiger partial charge >= 0.3 is 0 Å². The minimum absolute atomic E-state index is 0.412. The highest BCUT2D eigenvalue weighted by atomic mass is 16.5. The molecule has 1 saturated carbocycles. The van der Waals surface area contributed by atoms with Gasteiger partial charge in [-0.2, -0.15) is 0 Å². The third kappa shape index (κ3) is 3.45. The fraction of sp³-hybridized carbons (Fsp3) is 0.750. The van der Waals surface area contributed by atoms with Gasteiger partial charge in [-0.3, -0.25) is 9.80 Å². The summed E-state index contributed by atoms with van der Waals surface area (Å²) in [6, 6.07) is 5.88.